The molecule has 0 atom stereocenters. The zero-order chi connectivity index (χ0) is 20.9. The zero-order valence-electron chi connectivity index (χ0n) is 16.0. The lowest BCUT2D eigenvalue weighted by Gasteiger charge is -2.26. The molecule has 9 heteroatoms. The highest BCUT2D eigenvalue weighted by Gasteiger charge is 2.28. The molecule has 1 aliphatic rings. The van der Waals surface area contributed by atoms with Crippen LogP contribution in [0.2, 0.25) is 0 Å². The highest BCUT2D eigenvalue weighted by molar-refractivity contribution is 7.89. The van der Waals surface area contributed by atoms with Crippen LogP contribution in [0.15, 0.2) is 47.4 Å². The van der Waals surface area contributed by atoms with Crippen LogP contribution in [0.3, 0.4) is 0 Å². The van der Waals surface area contributed by atoms with Crippen molar-refractivity contribution in [3.63, 3.8) is 0 Å². The quantitative estimate of drug-likeness (QED) is 0.502. The Morgan fingerprint density at radius 1 is 1.10 bits per heavy atom. The molecule has 0 bridgehead atoms. The highest BCUT2D eigenvalue weighted by atomic mass is 32.2. The number of benzene rings is 2. The van der Waals surface area contributed by atoms with Gasteiger partial charge in [-0.05, 0) is 37.3 Å². The van der Waals surface area contributed by atoms with Gasteiger partial charge in [0.15, 0.2) is 0 Å². The predicted molar refractivity (Wildman–Crippen MR) is 103 cm³/mol. The van der Waals surface area contributed by atoms with Crippen LogP contribution in [-0.4, -0.2) is 58.2 Å². The lowest BCUT2D eigenvalue weighted by Crippen LogP contribution is -2.40. The van der Waals surface area contributed by atoms with Crippen molar-refractivity contribution in [3.8, 4) is 5.75 Å². The van der Waals surface area contributed by atoms with Gasteiger partial charge in [-0.25, -0.2) is 17.6 Å². The number of halogens is 1. The van der Waals surface area contributed by atoms with E-state index in [4.69, 9.17) is 14.2 Å². The summed E-state index contributed by atoms with van der Waals surface area (Å²) in [7, 11) is -3.85. The van der Waals surface area contributed by atoms with E-state index in [1.807, 2.05) is 19.1 Å². The minimum atomic E-state index is -3.85. The van der Waals surface area contributed by atoms with Gasteiger partial charge in [0.25, 0.3) is 0 Å². The molecule has 0 radical (unpaired) electrons. The maximum atomic E-state index is 14.1. The Kier molecular flexibility index (Phi) is 6.83. The molecule has 2 aromatic carbocycles. The number of carbonyl (C=O) groups excluding carboxylic acids is 1. The molecule has 0 aliphatic carbocycles. The molecule has 1 saturated heterocycles. The summed E-state index contributed by atoms with van der Waals surface area (Å²) in [6.07, 6.45) is 0. The van der Waals surface area contributed by atoms with Crippen molar-refractivity contribution < 1.29 is 31.8 Å². The van der Waals surface area contributed by atoms with E-state index >= 15 is 0 Å². The Balaban J connectivity index is 1.62. The summed E-state index contributed by atoms with van der Waals surface area (Å²) < 4.78 is 56.4. The molecule has 1 heterocycles. The Hall–Kier alpha value is -2.49. The fourth-order valence-electron chi connectivity index (χ4n) is 2.76. The zero-order valence-corrected chi connectivity index (χ0v) is 16.8. The number of esters is 1. The molecule has 0 unspecified atom stereocenters. The molecule has 2 aromatic rings. The fraction of sp³-hybridized carbons (Fsp3) is 0.350. The average molecular weight is 423 g/mol. The fourth-order valence-corrected chi connectivity index (χ4v) is 4.20. The van der Waals surface area contributed by atoms with Crippen molar-refractivity contribution in [1.82, 2.24) is 4.31 Å². The molecule has 1 aliphatic heterocycles. The number of sulfonamides is 1. The van der Waals surface area contributed by atoms with Crippen molar-refractivity contribution in [1.29, 1.82) is 0 Å². The van der Waals surface area contributed by atoms with Gasteiger partial charge < -0.3 is 14.2 Å². The third-order valence-electron chi connectivity index (χ3n) is 4.37. The summed E-state index contributed by atoms with van der Waals surface area (Å²) >= 11 is 0. The van der Waals surface area contributed by atoms with Crippen molar-refractivity contribution in [2.75, 3.05) is 39.5 Å². The number of hydrogen-bond acceptors (Lipinski definition) is 6. The van der Waals surface area contributed by atoms with Gasteiger partial charge in [0.2, 0.25) is 10.0 Å². The van der Waals surface area contributed by atoms with E-state index < -0.39 is 27.4 Å². The molecule has 156 valence electrons. The van der Waals surface area contributed by atoms with E-state index in [0.29, 0.717) is 5.75 Å². The summed E-state index contributed by atoms with van der Waals surface area (Å²) in [5.41, 5.74) is 0.654. The molecule has 7 nitrogen and oxygen atoms in total. The van der Waals surface area contributed by atoms with Gasteiger partial charge in [-0.3, -0.25) is 0 Å². The van der Waals surface area contributed by atoms with Crippen LogP contribution < -0.4 is 4.74 Å². The molecular formula is C20H22FNO6S. The molecule has 0 spiro atoms. The summed E-state index contributed by atoms with van der Waals surface area (Å²) in [6.45, 7) is 2.92. The minimum absolute atomic E-state index is 0.0855. The lowest BCUT2D eigenvalue weighted by molar-refractivity contribution is 0.0445. The molecular weight excluding hydrogens is 401 g/mol. The first kappa shape index (κ1) is 21.2. The van der Waals surface area contributed by atoms with E-state index in [9.17, 15) is 17.6 Å². The number of nitrogens with zero attached hydrogens (tertiary/aromatic N) is 1. The summed E-state index contributed by atoms with van der Waals surface area (Å²) in [4.78, 5) is 12.1. The number of rotatable bonds is 7. The highest BCUT2D eigenvalue weighted by Crippen LogP contribution is 2.21. The largest absolute Gasteiger partial charge is 0.490 e. The van der Waals surface area contributed by atoms with Gasteiger partial charge >= 0.3 is 5.97 Å². The summed E-state index contributed by atoms with van der Waals surface area (Å²) in [5, 5.41) is 0. The smallest absolute Gasteiger partial charge is 0.341 e. The molecule has 0 saturated carbocycles. The van der Waals surface area contributed by atoms with Crippen molar-refractivity contribution in [2.45, 2.75) is 11.8 Å². The van der Waals surface area contributed by atoms with Gasteiger partial charge in [-0.1, -0.05) is 17.7 Å². The molecule has 3 rings (SSSR count). The van der Waals surface area contributed by atoms with Crippen molar-refractivity contribution in [2.24, 2.45) is 0 Å². The van der Waals surface area contributed by atoms with Gasteiger partial charge in [0.05, 0.1) is 23.7 Å². The Labute approximate surface area is 169 Å². The normalized spacial score (nSPS) is 15.1. The number of ether oxygens (including phenoxy) is 3. The van der Waals surface area contributed by atoms with E-state index in [0.717, 1.165) is 23.8 Å². The topological polar surface area (TPSA) is 82.1 Å². The molecule has 1 fully saturated rings. The maximum Gasteiger partial charge on any atom is 0.341 e. The van der Waals surface area contributed by atoms with Crippen LogP contribution in [0.1, 0.15) is 15.9 Å². The monoisotopic (exact) mass is 423 g/mol. The van der Waals surface area contributed by atoms with Gasteiger partial charge in [0.1, 0.15) is 24.8 Å². The molecule has 0 aromatic heterocycles. The number of carbonyl (C=O) groups is 1. The van der Waals surface area contributed by atoms with Crippen LogP contribution >= 0.6 is 0 Å². The van der Waals surface area contributed by atoms with Gasteiger partial charge in [-0.2, -0.15) is 4.31 Å². The van der Waals surface area contributed by atoms with E-state index in [2.05, 4.69) is 0 Å². The van der Waals surface area contributed by atoms with Gasteiger partial charge in [-0.15, -0.1) is 0 Å². The second kappa shape index (κ2) is 9.34. The number of morpholine rings is 1. The first-order chi connectivity index (χ1) is 13.9. The first-order valence-electron chi connectivity index (χ1n) is 9.12. The standard InChI is InChI=1S/C20H22FNO6S/c1-15-2-4-16(5-3-15)27-12-13-28-20(23)18-14-17(6-7-19(18)21)29(24,25)22-8-10-26-11-9-22/h2-7,14H,8-13H2,1H3. The van der Waals surface area contributed by atoms with E-state index in [1.165, 1.54) is 4.31 Å². The van der Waals surface area contributed by atoms with E-state index in [-0.39, 0.29) is 44.4 Å². The SMILES string of the molecule is Cc1ccc(OCCOC(=O)c2cc(S(=O)(=O)N3CCOCC3)ccc2F)cc1. The summed E-state index contributed by atoms with van der Waals surface area (Å²) in [6, 6.07) is 10.4. The second-order valence-electron chi connectivity index (χ2n) is 6.46. The van der Waals surface area contributed by atoms with Crippen molar-refractivity contribution in [3.05, 3.63) is 59.4 Å². The minimum Gasteiger partial charge on any atom is -0.490 e. The van der Waals surface area contributed by atoms with Crippen LogP contribution in [0, 0.1) is 12.7 Å². The Morgan fingerprint density at radius 2 is 1.79 bits per heavy atom. The third kappa shape index (κ3) is 5.31. The average Bonchev–Trinajstić information content (AvgIpc) is 2.73. The predicted octanol–water partition coefficient (Wildman–Crippen LogP) is 2.39. The van der Waals surface area contributed by atoms with Crippen LogP contribution in [0.4, 0.5) is 4.39 Å². The van der Waals surface area contributed by atoms with Crippen LogP contribution in [-0.2, 0) is 19.5 Å². The van der Waals surface area contributed by atoms with Crippen LogP contribution in [0.25, 0.3) is 0 Å². The maximum absolute atomic E-state index is 14.1. The second-order valence-corrected chi connectivity index (χ2v) is 8.39. The molecule has 0 amide bonds. The first-order valence-corrected chi connectivity index (χ1v) is 10.6. The van der Waals surface area contributed by atoms with E-state index in [1.54, 1.807) is 12.1 Å². The third-order valence-corrected chi connectivity index (χ3v) is 6.27. The summed E-state index contributed by atoms with van der Waals surface area (Å²) in [5.74, 6) is -1.18. The Bertz CT molecular complexity index is 955. The molecule has 0 N–H and O–H groups in total. The number of aryl methyl sites for hydroxylation is 1. The number of hydrogen-bond donors (Lipinski definition) is 0. The lowest BCUT2D eigenvalue weighted by atomic mass is 10.2. The van der Waals surface area contributed by atoms with Crippen molar-refractivity contribution >= 4 is 16.0 Å². The van der Waals surface area contributed by atoms with Gasteiger partial charge in [0, 0.05) is 13.1 Å². The Morgan fingerprint density at radius 3 is 2.48 bits per heavy atom. The molecule has 29 heavy (non-hydrogen) atoms. The van der Waals surface area contributed by atoms with Crippen LogP contribution in [0.5, 0.6) is 5.75 Å².